The lowest BCUT2D eigenvalue weighted by Crippen LogP contribution is -2.40. The van der Waals surface area contributed by atoms with E-state index in [0.717, 1.165) is 24.8 Å². The van der Waals surface area contributed by atoms with Crippen LogP contribution in [0.4, 0.5) is 0 Å². The summed E-state index contributed by atoms with van der Waals surface area (Å²) in [6.45, 7) is 1.71. The van der Waals surface area contributed by atoms with Gasteiger partial charge in [-0.2, -0.15) is 5.10 Å². The topological polar surface area (TPSA) is 49.0 Å². The molecule has 0 aromatic carbocycles. The molecule has 4 nitrogen and oxygen atoms in total. The number of halogens is 1. The highest BCUT2D eigenvalue weighted by atomic mass is 79.9. The molecular formula is C10H14BrN3O. The van der Waals surface area contributed by atoms with Crippen LogP contribution in [-0.2, 0) is 0 Å². The Morgan fingerprint density at radius 1 is 1.73 bits per heavy atom. The molecule has 0 saturated carbocycles. The van der Waals surface area contributed by atoms with Gasteiger partial charge in [0.2, 0.25) is 0 Å². The van der Waals surface area contributed by atoms with Crippen LogP contribution in [0.2, 0.25) is 0 Å². The Balaban J connectivity index is 2.01. The predicted octanol–water partition coefficient (Wildman–Crippen LogP) is 1.66. The van der Waals surface area contributed by atoms with Gasteiger partial charge in [-0.1, -0.05) is 15.9 Å². The Hall–Kier alpha value is -0.840. The maximum atomic E-state index is 12.0. The zero-order chi connectivity index (χ0) is 10.7. The lowest BCUT2D eigenvalue weighted by molar-refractivity contribution is 0.0680. The number of piperidine rings is 1. The normalized spacial score (nSPS) is 21.7. The molecule has 1 saturated heterocycles. The SMILES string of the molecule is O=C(c1ccn[nH]1)N1CCCC(CBr)C1. The number of nitrogens with zero attached hydrogens (tertiary/aromatic N) is 2. The summed E-state index contributed by atoms with van der Waals surface area (Å²) >= 11 is 3.48. The van der Waals surface area contributed by atoms with Gasteiger partial charge in [0, 0.05) is 24.6 Å². The molecular weight excluding hydrogens is 258 g/mol. The van der Waals surface area contributed by atoms with Crippen molar-refractivity contribution >= 4 is 21.8 Å². The van der Waals surface area contributed by atoms with E-state index < -0.39 is 0 Å². The van der Waals surface area contributed by atoms with E-state index in [1.807, 2.05) is 4.90 Å². The number of carbonyl (C=O) groups excluding carboxylic acids is 1. The van der Waals surface area contributed by atoms with E-state index in [2.05, 4.69) is 26.1 Å². The van der Waals surface area contributed by atoms with Crippen LogP contribution < -0.4 is 0 Å². The summed E-state index contributed by atoms with van der Waals surface area (Å²) in [6.07, 6.45) is 3.91. The summed E-state index contributed by atoms with van der Waals surface area (Å²) in [6, 6.07) is 1.72. The molecule has 1 aliphatic rings. The van der Waals surface area contributed by atoms with Gasteiger partial charge in [0.05, 0.1) is 0 Å². The maximum absolute atomic E-state index is 12.0. The molecule has 1 aliphatic heterocycles. The molecule has 1 unspecified atom stereocenters. The summed E-state index contributed by atoms with van der Waals surface area (Å²) in [7, 11) is 0. The zero-order valence-electron chi connectivity index (χ0n) is 8.45. The number of hydrogen-bond acceptors (Lipinski definition) is 2. The van der Waals surface area contributed by atoms with Crippen molar-refractivity contribution < 1.29 is 4.79 Å². The van der Waals surface area contributed by atoms with Gasteiger partial charge in [-0.05, 0) is 24.8 Å². The number of carbonyl (C=O) groups is 1. The molecule has 1 N–H and O–H groups in total. The highest BCUT2D eigenvalue weighted by Gasteiger charge is 2.24. The predicted molar refractivity (Wildman–Crippen MR) is 61.0 cm³/mol. The Labute approximate surface area is 97.2 Å². The summed E-state index contributed by atoms with van der Waals surface area (Å²) < 4.78 is 0. The molecule has 1 aromatic rings. The fourth-order valence-corrected chi connectivity index (χ4v) is 2.45. The van der Waals surface area contributed by atoms with E-state index in [0.29, 0.717) is 11.6 Å². The number of aromatic nitrogens is 2. The lowest BCUT2D eigenvalue weighted by atomic mass is 10.00. The van der Waals surface area contributed by atoms with Gasteiger partial charge in [-0.15, -0.1) is 0 Å². The van der Waals surface area contributed by atoms with Crippen LogP contribution in [0.25, 0.3) is 0 Å². The zero-order valence-corrected chi connectivity index (χ0v) is 10.0. The number of rotatable bonds is 2. The molecule has 82 valence electrons. The molecule has 0 aliphatic carbocycles. The lowest BCUT2D eigenvalue weighted by Gasteiger charge is -2.31. The van der Waals surface area contributed by atoms with Crippen molar-refractivity contribution in [1.82, 2.24) is 15.1 Å². The fraction of sp³-hybridized carbons (Fsp3) is 0.600. The minimum Gasteiger partial charge on any atom is -0.337 e. The highest BCUT2D eigenvalue weighted by Crippen LogP contribution is 2.19. The van der Waals surface area contributed by atoms with Gasteiger partial charge in [0.15, 0.2) is 0 Å². The Morgan fingerprint density at radius 2 is 2.60 bits per heavy atom. The summed E-state index contributed by atoms with van der Waals surface area (Å²) in [5.41, 5.74) is 0.588. The first-order valence-corrected chi connectivity index (χ1v) is 6.28. The van der Waals surface area contributed by atoms with Gasteiger partial charge in [-0.25, -0.2) is 0 Å². The largest absolute Gasteiger partial charge is 0.337 e. The van der Waals surface area contributed by atoms with Gasteiger partial charge >= 0.3 is 0 Å². The quantitative estimate of drug-likeness (QED) is 0.832. The van der Waals surface area contributed by atoms with Crippen LogP contribution in [0.5, 0.6) is 0 Å². The van der Waals surface area contributed by atoms with E-state index in [1.54, 1.807) is 12.3 Å². The van der Waals surface area contributed by atoms with Crippen LogP contribution in [0.15, 0.2) is 12.3 Å². The van der Waals surface area contributed by atoms with Crippen LogP contribution in [-0.4, -0.2) is 39.4 Å². The van der Waals surface area contributed by atoms with Crippen molar-refractivity contribution in [3.05, 3.63) is 18.0 Å². The van der Waals surface area contributed by atoms with E-state index in [4.69, 9.17) is 0 Å². The van der Waals surface area contributed by atoms with E-state index in [9.17, 15) is 4.79 Å². The van der Waals surface area contributed by atoms with Crippen molar-refractivity contribution in [2.75, 3.05) is 18.4 Å². The van der Waals surface area contributed by atoms with Crippen LogP contribution >= 0.6 is 15.9 Å². The number of amides is 1. The molecule has 0 bridgehead atoms. The number of alkyl halides is 1. The van der Waals surface area contributed by atoms with E-state index in [-0.39, 0.29) is 5.91 Å². The first-order valence-electron chi connectivity index (χ1n) is 5.16. The number of aromatic amines is 1. The number of nitrogens with one attached hydrogen (secondary N) is 1. The molecule has 5 heteroatoms. The van der Waals surface area contributed by atoms with Crippen LogP contribution in [0.3, 0.4) is 0 Å². The first-order chi connectivity index (χ1) is 7.31. The Bertz CT molecular complexity index is 325. The van der Waals surface area contributed by atoms with Crippen molar-refractivity contribution in [2.45, 2.75) is 12.8 Å². The second kappa shape index (κ2) is 4.79. The van der Waals surface area contributed by atoms with Gasteiger partial charge in [-0.3, -0.25) is 9.89 Å². The molecule has 2 rings (SSSR count). The summed E-state index contributed by atoms with van der Waals surface area (Å²) in [5.74, 6) is 0.656. The third kappa shape index (κ3) is 2.40. The van der Waals surface area contributed by atoms with Crippen molar-refractivity contribution in [3.8, 4) is 0 Å². The van der Waals surface area contributed by atoms with E-state index >= 15 is 0 Å². The number of H-pyrrole nitrogens is 1. The molecule has 0 radical (unpaired) electrons. The standard InChI is InChI=1S/C10H14BrN3O/c11-6-8-2-1-5-14(7-8)10(15)9-3-4-12-13-9/h3-4,8H,1-2,5-7H2,(H,12,13). The Morgan fingerprint density at radius 3 is 3.27 bits per heavy atom. The molecule has 15 heavy (non-hydrogen) atoms. The molecule has 1 atom stereocenters. The monoisotopic (exact) mass is 271 g/mol. The number of likely N-dealkylation sites (tertiary alicyclic amines) is 1. The fourth-order valence-electron chi connectivity index (χ4n) is 1.92. The summed E-state index contributed by atoms with van der Waals surface area (Å²) in [5, 5.41) is 7.48. The second-order valence-electron chi connectivity index (χ2n) is 3.88. The highest BCUT2D eigenvalue weighted by molar-refractivity contribution is 9.09. The minimum absolute atomic E-state index is 0.0677. The third-order valence-corrected chi connectivity index (χ3v) is 3.67. The van der Waals surface area contributed by atoms with Crippen molar-refractivity contribution in [2.24, 2.45) is 5.92 Å². The minimum atomic E-state index is 0.0677. The van der Waals surface area contributed by atoms with Crippen LogP contribution in [0.1, 0.15) is 23.3 Å². The smallest absolute Gasteiger partial charge is 0.271 e. The van der Waals surface area contributed by atoms with Gasteiger partial charge in [0.25, 0.3) is 5.91 Å². The van der Waals surface area contributed by atoms with Crippen molar-refractivity contribution in [3.63, 3.8) is 0 Å². The average molecular weight is 272 g/mol. The van der Waals surface area contributed by atoms with Crippen LogP contribution in [0, 0.1) is 5.92 Å². The third-order valence-electron chi connectivity index (χ3n) is 2.76. The first kappa shape index (κ1) is 10.7. The van der Waals surface area contributed by atoms with E-state index in [1.165, 1.54) is 6.42 Å². The molecule has 1 amide bonds. The van der Waals surface area contributed by atoms with Gasteiger partial charge < -0.3 is 4.90 Å². The molecule has 1 aromatic heterocycles. The molecule has 0 spiro atoms. The maximum Gasteiger partial charge on any atom is 0.271 e. The summed E-state index contributed by atoms with van der Waals surface area (Å²) in [4.78, 5) is 13.9. The average Bonchev–Trinajstić information content (AvgIpc) is 2.81. The van der Waals surface area contributed by atoms with Crippen molar-refractivity contribution in [1.29, 1.82) is 0 Å². The second-order valence-corrected chi connectivity index (χ2v) is 4.53. The Kier molecular flexibility index (Phi) is 3.41. The molecule has 1 fully saturated rings. The van der Waals surface area contributed by atoms with Gasteiger partial charge in [0.1, 0.15) is 5.69 Å². The number of hydrogen-bond donors (Lipinski definition) is 1. The molecule has 2 heterocycles.